The Morgan fingerprint density at radius 3 is 2.44 bits per heavy atom. The van der Waals surface area contributed by atoms with Crippen molar-refractivity contribution in [1.82, 2.24) is 4.98 Å². The summed E-state index contributed by atoms with van der Waals surface area (Å²) in [4.78, 5) is 3.31. The van der Waals surface area contributed by atoms with Crippen molar-refractivity contribution >= 4 is 10.1 Å². The van der Waals surface area contributed by atoms with Gasteiger partial charge in [-0.15, -0.1) is 0 Å². The van der Waals surface area contributed by atoms with Crippen molar-refractivity contribution < 1.29 is 30.5 Å². The Bertz CT molecular complexity index is 591. The van der Waals surface area contributed by atoms with Gasteiger partial charge in [0.25, 0.3) is 0 Å². The lowest BCUT2D eigenvalue weighted by molar-refractivity contribution is -0.0501. The number of hydrogen-bond donors (Lipinski definition) is 0. The molecule has 0 saturated heterocycles. The van der Waals surface area contributed by atoms with Gasteiger partial charge in [0.2, 0.25) is 11.8 Å². The molecule has 0 radical (unpaired) electrons. The number of rotatable bonds is 3. The topological polar surface area (TPSA) is 89.3 Å². The highest BCUT2D eigenvalue weighted by molar-refractivity contribution is 7.87. The second-order valence-corrected chi connectivity index (χ2v) is 4.34. The third-order valence-electron chi connectivity index (χ3n) is 1.63. The Balaban J connectivity index is 3.12. The van der Waals surface area contributed by atoms with Crippen LogP contribution in [0.15, 0.2) is 12.1 Å². The lowest BCUT2D eigenvalue weighted by Gasteiger charge is -2.09. The highest BCUT2D eigenvalue weighted by Gasteiger charge is 2.48. The van der Waals surface area contributed by atoms with Crippen LogP contribution in [0.3, 0.4) is 0 Å². The van der Waals surface area contributed by atoms with Gasteiger partial charge in [0.1, 0.15) is 11.6 Å². The summed E-state index contributed by atoms with van der Waals surface area (Å²) >= 11 is 0. The maximum atomic E-state index is 12.0. The fraction of sp³-hybridized carbons (Fsp3) is 0.250. The van der Waals surface area contributed by atoms with Gasteiger partial charge in [-0.2, -0.15) is 31.8 Å². The smallest absolute Gasteiger partial charge is 0.480 e. The SMILES string of the molecule is COc1nc(OS(=O)(=O)C(F)(F)F)ccc1C#N. The number of nitrogens with zero attached hydrogens (tertiary/aromatic N) is 2. The molecule has 18 heavy (non-hydrogen) atoms. The molecule has 0 bridgehead atoms. The first-order valence-corrected chi connectivity index (χ1v) is 5.58. The van der Waals surface area contributed by atoms with E-state index >= 15 is 0 Å². The van der Waals surface area contributed by atoms with Crippen molar-refractivity contribution in [2.24, 2.45) is 0 Å². The van der Waals surface area contributed by atoms with Gasteiger partial charge >= 0.3 is 15.6 Å². The number of hydrogen-bond acceptors (Lipinski definition) is 6. The second-order valence-electron chi connectivity index (χ2n) is 2.80. The van der Waals surface area contributed by atoms with Crippen molar-refractivity contribution in [2.75, 3.05) is 7.11 Å². The summed E-state index contributed by atoms with van der Waals surface area (Å²) in [6, 6.07) is 3.48. The largest absolute Gasteiger partial charge is 0.534 e. The average molecular weight is 282 g/mol. The van der Waals surface area contributed by atoms with Crippen LogP contribution in [0.25, 0.3) is 0 Å². The molecule has 1 heterocycles. The summed E-state index contributed by atoms with van der Waals surface area (Å²) in [5.74, 6) is -1.18. The molecule has 0 saturated carbocycles. The first-order valence-electron chi connectivity index (χ1n) is 4.17. The molecular formula is C8H5F3N2O4S. The summed E-state index contributed by atoms with van der Waals surface area (Å²) in [5.41, 5.74) is -5.63. The van der Waals surface area contributed by atoms with Crippen LogP contribution < -0.4 is 8.92 Å². The molecule has 0 aliphatic rings. The fourth-order valence-electron chi connectivity index (χ4n) is 0.870. The molecule has 0 fully saturated rings. The Morgan fingerprint density at radius 2 is 2.00 bits per heavy atom. The van der Waals surface area contributed by atoms with Crippen LogP contribution in [-0.2, 0) is 10.1 Å². The molecule has 0 spiro atoms. The van der Waals surface area contributed by atoms with Gasteiger partial charge in [-0.3, -0.25) is 0 Å². The molecular weight excluding hydrogens is 277 g/mol. The second kappa shape index (κ2) is 4.69. The molecule has 1 aromatic rings. The zero-order valence-corrected chi connectivity index (χ0v) is 9.54. The molecule has 0 amide bonds. The van der Waals surface area contributed by atoms with Gasteiger partial charge in [-0.25, -0.2) is 0 Å². The summed E-state index contributed by atoms with van der Waals surface area (Å²) in [7, 11) is -4.68. The molecule has 0 unspecified atom stereocenters. The number of nitriles is 1. The van der Waals surface area contributed by atoms with E-state index in [2.05, 4.69) is 13.9 Å². The van der Waals surface area contributed by atoms with E-state index < -0.39 is 21.5 Å². The molecule has 98 valence electrons. The quantitative estimate of drug-likeness (QED) is 0.611. The Kier molecular flexibility index (Phi) is 3.66. The first-order chi connectivity index (χ1) is 8.21. The molecule has 10 heteroatoms. The predicted octanol–water partition coefficient (Wildman–Crippen LogP) is 1.19. The summed E-state index contributed by atoms with van der Waals surface area (Å²) in [6.45, 7) is 0. The van der Waals surface area contributed by atoms with Crippen LogP contribution in [0, 0.1) is 11.3 Å². The summed E-state index contributed by atoms with van der Waals surface area (Å²) in [6.07, 6.45) is 0. The van der Waals surface area contributed by atoms with Crippen LogP contribution in [0.5, 0.6) is 11.8 Å². The number of ether oxygens (including phenoxy) is 1. The van der Waals surface area contributed by atoms with Crippen LogP contribution in [0.1, 0.15) is 5.56 Å². The highest BCUT2D eigenvalue weighted by Crippen LogP contribution is 2.27. The van der Waals surface area contributed by atoms with Gasteiger partial charge in [-0.1, -0.05) is 0 Å². The van der Waals surface area contributed by atoms with Crippen molar-refractivity contribution in [1.29, 1.82) is 5.26 Å². The normalized spacial score (nSPS) is 11.7. The lowest BCUT2D eigenvalue weighted by atomic mass is 10.3. The van der Waals surface area contributed by atoms with Gasteiger partial charge in [0.15, 0.2) is 0 Å². The monoisotopic (exact) mass is 282 g/mol. The van der Waals surface area contributed by atoms with E-state index in [1.54, 1.807) is 6.07 Å². The minimum absolute atomic E-state index is 0.0748. The molecule has 1 aromatic heterocycles. The van der Waals surface area contributed by atoms with Crippen LogP contribution in [-0.4, -0.2) is 26.0 Å². The Labute approximate surface area is 99.7 Å². The standard InChI is InChI=1S/C8H5F3N2O4S/c1-16-7-5(4-12)2-3-6(13-7)17-18(14,15)8(9,10)11/h2-3H,1H3. The first kappa shape index (κ1) is 14.0. The van der Waals surface area contributed by atoms with E-state index in [-0.39, 0.29) is 11.4 Å². The molecule has 1 rings (SSSR count). The van der Waals surface area contributed by atoms with E-state index in [1.807, 2.05) is 0 Å². The van der Waals surface area contributed by atoms with E-state index in [1.165, 1.54) is 0 Å². The van der Waals surface area contributed by atoms with E-state index in [9.17, 15) is 21.6 Å². The summed E-state index contributed by atoms with van der Waals surface area (Å²) in [5, 5.41) is 8.59. The van der Waals surface area contributed by atoms with Gasteiger partial charge < -0.3 is 8.92 Å². The lowest BCUT2D eigenvalue weighted by Crippen LogP contribution is -2.28. The zero-order chi connectivity index (χ0) is 14.0. The van der Waals surface area contributed by atoms with E-state index in [0.717, 1.165) is 19.2 Å². The maximum absolute atomic E-state index is 12.0. The Hall–Kier alpha value is -2.02. The number of alkyl halides is 3. The van der Waals surface area contributed by atoms with Crippen molar-refractivity contribution in [2.45, 2.75) is 5.51 Å². The average Bonchev–Trinajstić information content (AvgIpc) is 2.26. The fourth-order valence-corrected chi connectivity index (χ4v) is 1.28. The third kappa shape index (κ3) is 2.80. The molecule has 0 aliphatic heterocycles. The Morgan fingerprint density at radius 1 is 1.39 bits per heavy atom. The maximum Gasteiger partial charge on any atom is 0.534 e. The van der Waals surface area contributed by atoms with Crippen molar-refractivity contribution in [3.05, 3.63) is 17.7 Å². The van der Waals surface area contributed by atoms with Gasteiger partial charge in [0.05, 0.1) is 7.11 Å². The number of aromatic nitrogens is 1. The van der Waals surface area contributed by atoms with E-state index in [0.29, 0.717) is 0 Å². The van der Waals surface area contributed by atoms with Crippen molar-refractivity contribution in [3.63, 3.8) is 0 Å². The number of halogens is 3. The van der Waals surface area contributed by atoms with Gasteiger partial charge in [0, 0.05) is 6.07 Å². The van der Waals surface area contributed by atoms with Crippen LogP contribution in [0.2, 0.25) is 0 Å². The van der Waals surface area contributed by atoms with Crippen molar-refractivity contribution in [3.8, 4) is 17.8 Å². The highest BCUT2D eigenvalue weighted by atomic mass is 32.2. The third-order valence-corrected chi connectivity index (χ3v) is 2.58. The van der Waals surface area contributed by atoms with Crippen LogP contribution in [0.4, 0.5) is 13.2 Å². The van der Waals surface area contributed by atoms with E-state index in [4.69, 9.17) is 5.26 Å². The summed E-state index contributed by atoms with van der Waals surface area (Å²) < 4.78 is 65.8. The number of pyridine rings is 1. The molecule has 6 nitrogen and oxygen atoms in total. The van der Waals surface area contributed by atoms with Crippen LogP contribution >= 0.6 is 0 Å². The predicted molar refractivity (Wildman–Crippen MR) is 51.1 cm³/mol. The minimum Gasteiger partial charge on any atom is -0.480 e. The zero-order valence-electron chi connectivity index (χ0n) is 8.72. The number of methoxy groups -OCH3 is 1. The molecule has 0 aliphatic carbocycles. The molecule has 0 aromatic carbocycles. The minimum atomic E-state index is -5.80. The molecule has 0 N–H and O–H groups in total. The molecule has 0 atom stereocenters. The van der Waals surface area contributed by atoms with Gasteiger partial charge in [-0.05, 0) is 6.07 Å².